The van der Waals surface area contributed by atoms with Crippen LogP contribution in [0.5, 0.6) is 0 Å². The Labute approximate surface area is 83.5 Å². The molecule has 1 aliphatic heterocycles. The molecule has 0 saturated carbocycles. The second kappa shape index (κ2) is 2.95. The first-order valence-electron chi connectivity index (χ1n) is 4.93. The highest BCUT2D eigenvalue weighted by Gasteiger charge is 2.23. The fourth-order valence-corrected chi connectivity index (χ4v) is 2.13. The summed E-state index contributed by atoms with van der Waals surface area (Å²) in [5.74, 6) is 0.948. The van der Waals surface area contributed by atoms with Crippen LogP contribution in [-0.2, 0) is 0 Å². The van der Waals surface area contributed by atoms with Crippen LogP contribution in [-0.4, -0.2) is 6.21 Å². The Hall–Kier alpha value is -1.63. The Bertz CT molecular complexity index is 440. The van der Waals surface area contributed by atoms with Crippen molar-refractivity contribution in [1.82, 2.24) is 0 Å². The smallest absolute Gasteiger partial charge is 0.0664 e. The number of benzene rings is 1. The van der Waals surface area contributed by atoms with E-state index < -0.39 is 0 Å². The van der Waals surface area contributed by atoms with Gasteiger partial charge in [-0.15, -0.1) is 0 Å². The summed E-state index contributed by atoms with van der Waals surface area (Å²) in [6.45, 7) is 0. The third-order valence-corrected chi connectivity index (χ3v) is 2.86. The van der Waals surface area contributed by atoms with Crippen LogP contribution in [0, 0.1) is 5.92 Å². The molecule has 0 aromatic heterocycles. The van der Waals surface area contributed by atoms with E-state index in [1.54, 1.807) is 0 Å². The molecule has 1 aromatic carbocycles. The van der Waals surface area contributed by atoms with Crippen LogP contribution in [0.4, 0.5) is 5.69 Å². The number of para-hydroxylation sites is 1. The van der Waals surface area contributed by atoms with Crippen molar-refractivity contribution in [2.75, 3.05) is 0 Å². The van der Waals surface area contributed by atoms with Crippen LogP contribution in [0.15, 0.2) is 53.6 Å². The maximum absolute atomic E-state index is 4.47. The van der Waals surface area contributed by atoms with Gasteiger partial charge in [0.15, 0.2) is 0 Å². The Morgan fingerprint density at radius 1 is 1.00 bits per heavy atom. The zero-order valence-electron chi connectivity index (χ0n) is 7.80. The van der Waals surface area contributed by atoms with Crippen LogP contribution in [0.25, 0.3) is 0 Å². The lowest BCUT2D eigenvalue weighted by Gasteiger charge is -2.26. The summed E-state index contributed by atoms with van der Waals surface area (Å²) >= 11 is 0. The van der Waals surface area contributed by atoms with E-state index in [-0.39, 0.29) is 0 Å². The van der Waals surface area contributed by atoms with Crippen molar-refractivity contribution in [3.63, 3.8) is 0 Å². The van der Waals surface area contributed by atoms with Gasteiger partial charge in [0.05, 0.1) is 5.69 Å². The van der Waals surface area contributed by atoms with Gasteiger partial charge in [-0.2, -0.15) is 0 Å². The van der Waals surface area contributed by atoms with Gasteiger partial charge in [0.2, 0.25) is 0 Å². The van der Waals surface area contributed by atoms with E-state index in [9.17, 15) is 0 Å². The van der Waals surface area contributed by atoms with Gasteiger partial charge in [0.25, 0.3) is 0 Å². The lowest BCUT2D eigenvalue weighted by Crippen LogP contribution is -2.15. The van der Waals surface area contributed by atoms with Gasteiger partial charge in [-0.05, 0) is 11.6 Å². The molecule has 68 valence electrons. The molecule has 1 heteroatoms. The molecule has 3 rings (SSSR count). The van der Waals surface area contributed by atoms with Crippen molar-refractivity contribution in [1.29, 1.82) is 0 Å². The second-order valence-electron chi connectivity index (χ2n) is 3.71. The summed E-state index contributed by atoms with van der Waals surface area (Å²) in [6.07, 6.45) is 10.7. The van der Waals surface area contributed by atoms with Crippen molar-refractivity contribution in [3.8, 4) is 0 Å². The van der Waals surface area contributed by atoms with Crippen LogP contribution >= 0.6 is 0 Å². The van der Waals surface area contributed by atoms with Crippen molar-refractivity contribution in [2.24, 2.45) is 10.9 Å². The lowest BCUT2D eigenvalue weighted by atomic mass is 9.81. The molecule has 0 radical (unpaired) electrons. The molecule has 1 aliphatic carbocycles. The second-order valence-corrected chi connectivity index (χ2v) is 3.71. The SMILES string of the molecule is C1=CC2C=Nc3ccccc3C2C=C1. The summed E-state index contributed by atoms with van der Waals surface area (Å²) in [6, 6.07) is 8.38. The standard InChI is InChI=1S/C13H11N/c1-2-6-11-10(5-1)9-14-13-8-4-3-7-12(11)13/h1-11H. The van der Waals surface area contributed by atoms with Gasteiger partial charge in [-0.3, -0.25) is 4.99 Å². The maximum atomic E-state index is 4.47. The molecule has 2 atom stereocenters. The van der Waals surface area contributed by atoms with Crippen LogP contribution in [0.1, 0.15) is 11.5 Å². The van der Waals surface area contributed by atoms with E-state index in [1.165, 1.54) is 5.56 Å². The van der Waals surface area contributed by atoms with Crippen LogP contribution < -0.4 is 0 Å². The van der Waals surface area contributed by atoms with Crippen LogP contribution in [0.2, 0.25) is 0 Å². The summed E-state index contributed by atoms with van der Waals surface area (Å²) in [7, 11) is 0. The molecule has 2 unspecified atom stereocenters. The molecular formula is C13H11N. The Morgan fingerprint density at radius 3 is 2.86 bits per heavy atom. The minimum absolute atomic E-state index is 0.454. The quantitative estimate of drug-likeness (QED) is 0.582. The maximum Gasteiger partial charge on any atom is 0.0664 e. The predicted molar refractivity (Wildman–Crippen MR) is 59.1 cm³/mol. The number of hydrogen-bond donors (Lipinski definition) is 0. The van der Waals surface area contributed by atoms with Crippen molar-refractivity contribution in [2.45, 2.75) is 5.92 Å². The van der Waals surface area contributed by atoms with Gasteiger partial charge < -0.3 is 0 Å². The van der Waals surface area contributed by atoms with E-state index >= 15 is 0 Å². The normalized spacial score (nSPS) is 27.1. The number of fused-ring (bicyclic) bond motifs is 3. The predicted octanol–water partition coefficient (Wildman–Crippen LogP) is 3.23. The number of nitrogens with zero attached hydrogens (tertiary/aromatic N) is 1. The molecule has 1 aromatic rings. The molecule has 0 amide bonds. The van der Waals surface area contributed by atoms with E-state index in [0.717, 1.165) is 5.69 Å². The summed E-state index contributed by atoms with van der Waals surface area (Å²) in [5, 5.41) is 0. The fourth-order valence-electron chi connectivity index (χ4n) is 2.13. The third-order valence-electron chi connectivity index (χ3n) is 2.86. The molecule has 0 spiro atoms. The molecule has 0 saturated heterocycles. The first kappa shape index (κ1) is 7.74. The van der Waals surface area contributed by atoms with Gasteiger partial charge in [0.1, 0.15) is 0 Å². The molecule has 0 N–H and O–H groups in total. The third kappa shape index (κ3) is 1.06. The summed E-state index contributed by atoms with van der Waals surface area (Å²) in [4.78, 5) is 4.47. The molecule has 0 fully saturated rings. The minimum atomic E-state index is 0.454. The van der Waals surface area contributed by atoms with E-state index in [0.29, 0.717) is 11.8 Å². The molecular weight excluding hydrogens is 170 g/mol. The molecule has 14 heavy (non-hydrogen) atoms. The van der Waals surface area contributed by atoms with Crippen molar-refractivity contribution < 1.29 is 0 Å². The van der Waals surface area contributed by atoms with Crippen LogP contribution in [0.3, 0.4) is 0 Å². The van der Waals surface area contributed by atoms with E-state index in [4.69, 9.17) is 0 Å². The average molecular weight is 181 g/mol. The number of aliphatic imine (C=N–C) groups is 1. The Balaban J connectivity index is 2.15. The number of hydrogen-bond acceptors (Lipinski definition) is 1. The first-order chi connectivity index (χ1) is 6.95. The van der Waals surface area contributed by atoms with Gasteiger partial charge in [-0.25, -0.2) is 0 Å². The van der Waals surface area contributed by atoms with Crippen molar-refractivity contribution in [3.05, 3.63) is 54.1 Å². The molecule has 1 heterocycles. The van der Waals surface area contributed by atoms with Crippen molar-refractivity contribution >= 4 is 11.9 Å². The molecule has 1 nitrogen and oxygen atoms in total. The Kier molecular flexibility index (Phi) is 1.63. The first-order valence-corrected chi connectivity index (χ1v) is 4.93. The zero-order chi connectivity index (χ0) is 9.38. The summed E-state index contributed by atoms with van der Waals surface area (Å²) in [5.41, 5.74) is 2.47. The fraction of sp³-hybridized carbons (Fsp3) is 0.154. The van der Waals surface area contributed by atoms with Gasteiger partial charge >= 0.3 is 0 Å². The number of rotatable bonds is 0. The minimum Gasteiger partial charge on any atom is -0.260 e. The topological polar surface area (TPSA) is 12.4 Å². The highest BCUT2D eigenvalue weighted by atomic mass is 14.7. The number of allylic oxidation sites excluding steroid dienone is 4. The zero-order valence-corrected chi connectivity index (χ0v) is 7.80. The largest absolute Gasteiger partial charge is 0.260 e. The molecule has 0 bridgehead atoms. The monoisotopic (exact) mass is 181 g/mol. The van der Waals surface area contributed by atoms with E-state index in [2.05, 4.69) is 47.5 Å². The lowest BCUT2D eigenvalue weighted by molar-refractivity contribution is 0.736. The molecule has 2 aliphatic rings. The average Bonchev–Trinajstić information content (AvgIpc) is 2.29. The Morgan fingerprint density at radius 2 is 1.86 bits per heavy atom. The highest BCUT2D eigenvalue weighted by Crippen LogP contribution is 2.38. The summed E-state index contributed by atoms with van der Waals surface area (Å²) < 4.78 is 0. The van der Waals surface area contributed by atoms with Gasteiger partial charge in [0, 0.05) is 18.1 Å². The van der Waals surface area contributed by atoms with E-state index in [1.807, 2.05) is 12.3 Å². The van der Waals surface area contributed by atoms with Gasteiger partial charge in [-0.1, -0.05) is 42.5 Å². The highest BCUT2D eigenvalue weighted by molar-refractivity contribution is 5.75.